The molecule has 76 valence electrons. The van der Waals surface area contributed by atoms with Crippen LogP contribution in [-0.2, 0) is 0 Å². The summed E-state index contributed by atoms with van der Waals surface area (Å²) in [5.74, 6) is 2.65. The molecule has 1 rings (SSSR count). The molecule has 1 N–H and O–H groups in total. The number of halogens is 1. The van der Waals surface area contributed by atoms with Crippen molar-refractivity contribution >= 4 is 15.9 Å². The molecule has 0 aliphatic carbocycles. The van der Waals surface area contributed by atoms with Crippen LogP contribution in [0.1, 0.15) is 31.4 Å². The summed E-state index contributed by atoms with van der Waals surface area (Å²) in [6, 6.07) is 2.25. The molecule has 0 amide bonds. The van der Waals surface area contributed by atoms with Crippen molar-refractivity contribution < 1.29 is 4.42 Å². The van der Waals surface area contributed by atoms with Gasteiger partial charge in [0.2, 0.25) is 0 Å². The molecule has 0 fully saturated rings. The van der Waals surface area contributed by atoms with Crippen LogP contribution in [0.25, 0.3) is 0 Å². The van der Waals surface area contributed by atoms with Crippen molar-refractivity contribution in [2.24, 2.45) is 0 Å². The van der Waals surface area contributed by atoms with E-state index in [-0.39, 0.29) is 6.04 Å². The predicted molar refractivity (Wildman–Crippen MR) is 60.9 cm³/mol. The number of rotatable bonds is 5. The summed E-state index contributed by atoms with van der Waals surface area (Å²) < 4.78 is 5.99. The second kappa shape index (κ2) is 5.90. The van der Waals surface area contributed by atoms with Crippen LogP contribution in [0, 0.1) is 12.3 Å². The highest BCUT2D eigenvalue weighted by Crippen LogP contribution is 2.27. The summed E-state index contributed by atoms with van der Waals surface area (Å²) in [5, 5.41) is 3.38. The fraction of sp³-hybridized carbons (Fsp3) is 0.455. The Balaban J connectivity index is 2.68. The molecule has 1 aromatic rings. The molecule has 0 saturated carbocycles. The van der Waals surface area contributed by atoms with Gasteiger partial charge in [0, 0.05) is 18.0 Å². The van der Waals surface area contributed by atoms with E-state index in [1.807, 2.05) is 6.07 Å². The number of hydrogen-bond acceptors (Lipinski definition) is 2. The molecule has 1 aromatic heterocycles. The third-order valence-corrected chi connectivity index (χ3v) is 2.69. The zero-order valence-electron chi connectivity index (χ0n) is 8.22. The van der Waals surface area contributed by atoms with E-state index in [1.165, 1.54) is 0 Å². The monoisotopic (exact) mass is 255 g/mol. The van der Waals surface area contributed by atoms with Gasteiger partial charge < -0.3 is 9.73 Å². The van der Waals surface area contributed by atoms with Crippen molar-refractivity contribution in [3.63, 3.8) is 0 Å². The van der Waals surface area contributed by atoms with Gasteiger partial charge in [-0.25, -0.2) is 0 Å². The number of terminal acetylenes is 1. The van der Waals surface area contributed by atoms with Crippen LogP contribution in [-0.4, -0.2) is 6.54 Å². The van der Waals surface area contributed by atoms with E-state index >= 15 is 0 Å². The Bertz CT molecular complexity index is 313. The van der Waals surface area contributed by atoms with E-state index < -0.39 is 0 Å². The third-order valence-electron chi connectivity index (χ3n) is 2.05. The average Bonchev–Trinajstić information content (AvgIpc) is 2.59. The van der Waals surface area contributed by atoms with Gasteiger partial charge in [-0.2, -0.15) is 0 Å². The minimum absolute atomic E-state index is 0.282. The van der Waals surface area contributed by atoms with Gasteiger partial charge in [0.15, 0.2) is 4.67 Å². The number of hydrogen-bond donors (Lipinski definition) is 1. The van der Waals surface area contributed by atoms with Gasteiger partial charge in [-0.3, -0.25) is 0 Å². The Morgan fingerprint density at radius 3 is 3.00 bits per heavy atom. The second-order valence-electron chi connectivity index (χ2n) is 3.00. The van der Waals surface area contributed by atoms with E-state index in [2.05, 4.69) is 34.1 Å². The zero-order valence-corrected chi connectivity index (χ0v) is 9.80. The third kappa shape index (κ3) is 2.90. The molecular weight excluding hydrogens is 242 g/mol. The van der Waals surface area contributed by atoms with Crippen molar-refractivity contribution in [1.82, 2.24) is 5.32 Å². The topological polar surface area (TPSA) is 25.2 Å². The molecule has 14 heavy (non-hydrogen) atoms. The molecule has 2 nitrogen and oxygen atoms in total. The van der Waals surface area contributed by atoms with Crippen molar-refractivity contribution in [3.05, 3.63) is 22.6 Å². The summed E-state index contributed by atoms with van der Waals surface area (Å²) >= 11 is 3.37. The molecule has 1 heterocycles. The predicted octanol–water partition coefficient (Wildman–Crippen LogP) is 3.11. The molecular formula is C11H14BrNO. The molecule has 0 aromatic carbocycles. The van der Waals surface area contributed by atoms with Gasteiger partial charge in [-0.05, 0) is 35.0 Å². The van der Waals surface area contributed by atoms with Crippen LogP contribution in [0.3, 0.4) is 0 Å². The lowest BCUT2D eigenvalue weighted by molar-refractivity contribution is 0.493. The van der Waals surface area contributed by atoms with Gasteiger partial charge in [0.1, 0.15) is 0 Å². The summed E-state index contributed by atoms with van der Waals surface area (Å²) in [4.78, 5) is 0. The smallest absolute Gasteiger partial charge is 0.173 e. The lowest BCUT2D eigenvalue weighted by atomic mass is 10.1. The molecule has 3 heteroatoms. The lowest BCUT2D eigenvalue weighted by Gasteiger charge is -2.15. The van der Waals surface area contributed by atoms with Crippen molar-refractivity contribution in [2.75, 3.05) is 6.54 Å². The summed E-state index contributed by atoms with van der Waals surface area (Å²) in [7, 11) is 0. The molecule has 0 aliphatic heterocycles. The summed E-state index contributed by atoms with van der Waals surface area (Å²) in [5.41, 5.74) is 1.14. The first kappa shape index (κ1) is 11.4. The quantitative estimate of drug-likeness (QED) is 0.819. The van der Waals surface area contributed by atoms with E-state index in [9.17, 15) is 0 Å². The van der Waals surface area contributed by atoms with Crippen LogP contribution in [0.2, 0.25) is 0 Å². The second-order valence-corrected chi connectivity index (χ2v) is 3.72. The summed E-state index contributed by atoms with van der Waals surface area (Å²) in [6.07, 6.45) is 8.64. The summed E-state index contributed by atoms with van der Waals surface area (Å²) in [6.45, 7) is 3.00. The van der Waals surface area contributed by atoms with Crippen molar-refractivity contribution in [2.45, 2.75) is 25.8 Å². The molecule has 0 spiro atoms. The van der Waals surface area contributed by atoms with Crippen LogP contribution < -0.4 is 5.32 Å². The van der Waals surface area contributed by atoms with Crippen molar-refractivity contribution in [3.8, 4) is 12.3 Å². The Kier molecular flexibility index (Phi) is 4.78. The molecule has 0 radical (unpaired) electrons. The Morgan fingerprint density at radius 2 is 2.50 bits per heavy atom. The minimum atomic E-state index is 0.282. The number of nitrogens with one attached hydrogen (secondary N) is 1. The first-order valence-electron chi connectivity index (χ1n) is 4.69. The standard InChI is InChI=1S/C11H14BrNO/c1-3-5-6-10(13-4-2)9-7-8-14-11(9)12/h1,7-8,10,13H,4-6H2,2H3. The average molecular weight is 256 g/mol. The van der Waals surface area contributed by atoms with E-state index in [0.29, 0.717) is 0 Å². The van der Waals surface area contributed by atoms with Gasteiger partial charge in [0.05, 0.1) is 6.26 Å². The van der Waals surface area contributed by atoms with E-state index in [0.717, 1.165) is 29.6 Å². The maximum absolute atomic E-state index is 5.25. The van der Waals surface area contributed by atoms with Gasteiger partial charge in [-0.1, -0.05) is 6.92 Å². The van der Waals surface area contributed by atoms with E-state index in [4.69, 9.17) is 10.8 Å². The van der Waals surface area contributed by atoms with Gasteiger partial charge in [0.25, 0.3) is 0 Å². The minimum Gasteiger partial charge on any atom is -0.457 e. The SMILES string of the molecule is C#CCCC(NCC)c1ccoc1Br. The van der Waals surface area contributed by atoms with Crippen LogP contribution in [0.5, 0.6) is 0 Å². The highest BCUT2D eigenvalue weighted by atomic mass is 79.9. The van der Waals surface area contributed by atoms with Gasteiger partial charge in [-0.15, -0.1) is 12.3 Å². The maximum Gasteiger partial charge on any atom is 0.173 e. The highest BCUT2D eigenvalue weighted by molar-refractivity contribution is 9.10. The fourth-order valence-electron chi connectivity index (χ4n) is 1.40. The van der Waals surface area contributed by atoms with Crippen LogP contribution >= 0.6 is 15.9 Å². The Hall–Kier alpha value is -0.720. The highest BCUT2D eigenvalue weighted by Gasteiger charge is 2.14. The van der Waals surface area contributed by atoms with E-state index in [1.54, 1.807) is 6.26 Å². The van der Waals surface area contributed by atoms with Crippen LogP contribution in [0.4, 0.5) is 0 Å². The molecule has 0 saturated heterocycles. The molecule has 0 aliphatic rings. The van der Waals surface area contributed by atoms with Gasteiger partial charge >= 0.3 is 0 Å². The first-order chi connectivity index (χ1) is 6.79. The lowest BCUT2D eigenvalue weighted by Crippen LogP contribution is -2.20. The van der Waals surface area contributed by atoms with Crippen molar-refractivity contribution in [1.29, 1.82) is 0 Å². The maximum atomic E-state index is 5.25. The Labute approximate surface area is 93.2 Å². The normalized spacial score (nSPS) is 12.4. The zero-order chi connectivity index (χ0) is 10.4. The van der Waals surface area contributed by atoms with Crippen LogP contribution in [0.15, 0.2) is 21.4 Å². The largest absolute Gasteiger partial charge is 0.457 e. The molecule has 1 atom stereocenters. The fourth-order valence-corrected chi connectivity index (χ4v) is 1.91. The molecule has 0 bridgehead atoms. The first-order valence-corrected chi connectivity index (χ1v) is 5.48. The Morgan fingerprint density at radius 1 is 1.71 bits per heavy atom. The molecule has 1 unspecified atom stereocenters. The number of furan rings is 1.